The molecule has 0 N–H and O–H groups in total. The molecule has 0 aliphatic carbocycles. The highest BCUT2D eigenvalue weighted by molar-refractivity contribution is 9.10. The van der Waals surface area contributed by atoms with Gasteiger partial charge in [-0.05, 0) is 35.9 Å². The van der Waals surface area contributed by atoms with Crippen molar-refractivity contribution in [3.8, 4) is 17.4 Å². The zero-order valence-electron chi connectivity index (χ0n) is 18.3. The molecule has 174 valence electrons. The van der Waals surface area contributed by atoms with Crippen LogP contribution < -0.4 is 0 Å². The van der Waals surface area contributed by atoms with Crippen LogP contribution in [0.4, 0.5) is 5.69 Å². The van der Waals surface area contributed by atoms with Gasteiger partial charge in [-0.25, -0.2) is 0 Å². The summed E-state index contributed by atoms with van der Waals surface area (Å²) in [6.45, 7) is 0. The summed E-state index contributed by atoms with van der Waals surface area (Å²) in [6.07, 6.45) is 0.515. The number of nitrogens with zero attached hydrogens (tertiary/aromatic N) is 3. The minimum Gasteiger partial charge on any atom is -0.355 e. The van der Waals surface area contributed by atoms with Crippen molar-refractivity contribution in [3.05, 3.63) is 128 Å². The van der Waals surface area contributed by atoms with Crippen LogP contribution >= 0.6 is 31.9 Å². The summed E-state index contributed by atoms with van der Waals surface area (Å²) in [6, 6.07) is 33.9. The van der Waals surface area contributed by atoms with Crippen molar-refractivity contribution >= 4 is 48.5 Å². The lowest BCUT2D eigenvalue weighted by Gasteiger charge is -1.95. The molecule has 1 aromatic heterocycles. The van der Waals surface area contributed by atoms with E-state index in [-0.39, 0.29) is 5.69 Å². The smallest absolute Gasteiger partial charge is 0.269 e. The van der Waals surface area contributed by atoms with Crippen LogP contribution in [0.1, 0.15) is 5.56 Å². The van der Waals surface area contributed by atoms with E-state index < -0.39 is 4.92 Å². The minimum absolute atomic E-state index is 0.114. The van der Waals surface area contributed by atoms with Gasteiger partial charge in [-0.15, -0.1) is 0 Å². The summed E-state index contributed by atoms with van der Waals surface area (Å²) in [7, 11) is 0. The van der Waals surface area contributed by atoms with E-state index in [9.17, 15) is 10.1 Å². The standard InChI is InChI=1S/C13H8BrNO.C8H7N.C6H4BrNO2/c14-10-6-7-12-11(8-10)13(16-15-12)9-4-2-1-3-5-9;9-7-6-8-4-2-1-3-5-8;7-5-1-3-6(4-2-5)8(9)10/h1-8H;1-5H,6H2;1-4H. The highest BCUT2D eigenvalue weighted by Crippen LogP contribution is 2.30. The summed E-state index contributed by atoms with van der Waals surface area (Å²) in [4.78, 5) is 9.68. The molecular formula is C27H19Br2N3O3. The molecule has 5 aromatic rings. The van der Waals surface area contributed by atoms with Crippen LogP contribution in [0.3, 0.4) is 0 Å². The molecule has 4 aromatic carbocycles. The molecule has 8 heteroatoms. The number of halogens is 2. The Morgan fingerprint density at radius 1 is 0.857 bits per heavy atom. The molecule has 6 nitrogen and oxygen atoms in total. The Kier molecular flexibility index (Phi) is 9.72. The lowest BCUT2D eigenvalue weighted by Crippen LogP contribution is -1.85. The van der Waals surface area contributed by atoms with Gasteiger partial charge in [0.05, 0.1) is 22.8 Å². The second-order valence-corrected chi connectivity index (χ2v) is 8.92. The SMILES string of the molecule is Brc1ccc2noc(-c3ccccc3)c2c1.N#CCc1ccccc1.O=[N+]([O-])c1ccc(Br)cc1. The van der Waals surface area contributed by atoms with Crippen LogP contribution in [0.2, 0.25) is 0 Å². The van der Waals surface area contributed by atoms with Gasteiger partial charge >= 0.3 is 0 Å². The van der Waals surface area contributed by atoms with Gasteiger partial charge in [0.15, 0.2) is 5.76 Å². The molecule has 0 aliphatic heterocycles. The number of rotatable bonds is 3. The summed E-state index contributed by atoms with van der Waals surface area (Å²) in [5, 5.41) is 23.4. The monoisotopic (exact) mass is 591 g/mol. The maximum atomic E-state index is 10.1. The highest BCUT2D eigenvalue weighted by Gasteiger charge is 2.10. The van der Waals surface area contributed by atoms with Crippen molar-refractivity contribution in [3.63, 3.8) is 0 Å². The summed E-state index contributed by atoms with van der Waals surface area (Å²) < 4.78 is 7.26. The van der Waals surface area contributed by atoms with E-state index in [4.69, 9.17) is 9.78 Å². The fourth-order valence-electron chi connectivity index (χ4n) is 2.96. The van der Waals surface area contributed by atoms with Gasteiger partial charge in [0.2, 0.25) is 0 Å². The Morgan fingerprint density at radius 2 is 1.46 bits per heavy atom. The third kappa shape index (κ3) is 7.88. The predicted molar refractivity (Wildman–Crippen MR) is 144 cm³/mol. The number of benzene rings is 4. The molecule has 0 atom stereocenters. The van der Waals surface area contributed by atoms with E-state index in [1.807, 2.05) is 78.9 Å². The number of hydrogen-bond donors (Lipinski definition) is 0. The topological polar surface area (TPSA) is 93.0 Å². The van der Waals surface area contributed by atoms with Crippen LogP contribution in [0.25, 0.3) is 22.2 Å². The molecule has 5 rings (SSSR count). The second-order valence-electron chi connectivity index (χ2n) is 7.09. The van der Waals surface area contributed by atoms with Crippen LogP contribution in [0.15, 0.2) is 117 Å². The molecule has 0 saturated heterocycles. The van der Waals surface area contributed by atoms with E-state index in [1.165, 1.54) is 12.1 Å². The third-order valence-electron chi connectivity index (χ3n) is 4.64. The number of hydrogen-bond acceptors (Lipinski definition) is 5. The largest absolute Gasteiger partial charge is 0.355 e. The first-order valence-corrected chi connectivity index (χ1v) is 12.0. The maximum Gasteiger partial charge on any atom is 0.269 e. The van der Waals surface area contributed by atoms with Crippen LogP contribution in [-0.4, -0.2) is 10.1 Å². The Bertz CT molecular complexity index is 1420. The molecule has 0 saturated carbocycles. The average Bonchev–Trinajstić information content (AvgIpc) is 3.30. The van der Waals surface area contributed by atoms with Crippen molar-refractivity contribution in [1.29, 1.82) is 5.26 Å². The van der Waals surface area contributed by atoms with Crippen LogP contribution in [-0.2, 0) is 6.42 Å². The third-order valence-corrected chi connectivity index (χ3v) is 5.66. The van der Waals surface area contributed by atoms with Crippen molar-refractivity contribution in [1.82, 2.24) is 5.16 Å². The van der Waals surface area contributed by atoms with Gasteiger partial charge in [0.1, 0.15) is 5.52 Å². The zero-order chi connectivity index (χ0) is 25.0. The summed E-state index contributed by atoms with van der Waals surface area (Å²) in [5.74, 6) is 0.817. The molecule has 0 aliphatic rings. The van der Waals surface area contributed by atoms with Gasteiger partial charge in [-0.2, -0.15) is 5.26 Å². The highest BCUT2D eigenvalue weighted by atomic mass is 79.9. The number of aromatic nitrogens is 1. The van der Waals surface area contributed by atoms with Crippen molar-refractivity contribution in [2.24, 2.45) is 0 Å². The molecule has 0 spiro atoms. The van der Waals surface area contributed by atoms with Crippen molar-refractivity contribution in [2.45, 2.75) is 6.42 Å². The first-order valence-electron chi connectivity index (χ1n) is 10.4. The predicted octanol–water partition coefficient (Wildman–Crippen LogP) is 8.37. The van der Waals surface area contributed by atoms with Gasteiger partial charge in [-0.1, -0.05) is 97.7 Å². The van der Waals surface area contributed by atoms with Gasteiger partial charge in [-0.3, -0.25) is 10.1 Å². The Balaban J connectivity index is 0.000000157. The summed E-state index contributed by atoms with van der Waals surface area (Å²) in [5.41, 5.74) is 3.12. The first-order chi connectivity index (χ1) is 17.0. The fourth-order valence-corrected chi connectivity index (χ4v) is 3.59. The lowest BCUT2D eigenvalue weighted by atomic mass is 10.1. The average molecular weight is 593 g/mol. The maximum absolute atomic E-state index is 10.1. The van der Waals surface area contributed by atoms with E-state index >= 15 is 0 Å². The molecule has 0 amide bonds. The van der Waals surface area contributed by atoms with Gasteiger partial charge < -0.3 is 4.52 Å². The molecule has 1 heterocycles. The second kappa shape index (κ2) is 13.2. The number of nitriles is 1. The van der Waals surface area contributed by atoms with E-state index in [0.29, 0.717) is 6.42 Å². The van der Waals surface area contributed by atoms with Gasteiger partial charge in [0, 0.05) is 26.6 Å². The summed E-state index contributed by atoms with van der Waals surface area (Å²) >= 11 is 6.63. The van der Waals surface area contributed by atoms with Gasteiger partial charge in [0.25, 0.3) is 5.69 Å². The molecule has 0 unspecified atom stereocenters. The van der Waals surface area contributed by atoms with Crippen molar-refractivity contribution < 1.29 is 9.45 Å². The Morgan fingerprint density at radius 3 is 2.06 bits per heavy atom. The first kappa shape index (κ1) is 25.8. The quantitative estimate of drug-likeness (QED) is 0.155. The normalized spacial score (nSPS) is 9.74. The molecule has 0 bridgehead atoms. The zero-order valence-corrected chi connectivity index (χ0v) is 21.5. The van der Waals surface area contributed by atoms with Crippen LogP contribution in [0.5, 0.6) is 0 Å². The molecular weight excluding hydrogens is 574 g/mol. The van der Waals surface area contributed by atoms with Crippen LogP contribution in [0, 0.1) is 21.4 Å². The Hall–Kier alpha value is -3.80. The van der Waals surface area contributed by atoms with E-state index in [1.54, 1.807) is 12.1 Å². The molecule has 35 heavy (non-hydrogen) atoms. The molecule has 0 fully saturated rings. The number of nitro benzene ring substituents is 1. The van der Waals surface area contributed by atoms with E-state index in [2.05, 4.69) is 43.1 Å². The lowest BCUT2D eigenvalue weighted by molar-refractivity contribution is -0.384. The molecule has 0 radical (unpaired) electrons. The minimum atomic E-state index is -0.424. The van der Waals surface area contributed by atoms with Crippen molar-refractivity contribution in [2.75, 3.05) is 0 Å². The number of fused-ring (bicyclic) bond motifs is 1. The number of nitro groups is 1. The Labute approximate surface area is 219 Å². The fraction of sp³-hybridized carbons (Fsp3) is 0.0370. The van der Waals surface area contributed by atoms with E-state index in [0.717, 1.165) is 36.7 Å². The number of non-ortho nitro benzene ring substituents is 1.